The summed E-state index contributed by atoms with van der Waals surface area (Å²) in [5.41, 5.74) is -0.837. The molecule has 0 spiro atoms. The number of hydrogen-bond acceptors (Lipinski definition) is 3. The van der Waals surface area contributed by atoms with Crippen LogP contribution in [0.3, 0.4) is 0 Å². The highest BCUT2D eigenvalue weighted by molar-refractivity contribution is 7.13. The highest BCUT2D eigenvalue weighted by Crippen LogP contribution is 2.33. The Labute approximate surface area is 84.8 Å². The minimum Gasteiger partial charge on any atom is -0.348 e. The predicted molar refractivity (Wildman–Crippen MR) is 48.6 cm³/mol. The first kappa shape index (κ1) is 8.52. The number of nitrogens with zero attached hydrogens (tertiary/aromatic N) is 2. The first-order valence-corrected chi connectivity index (χ1v) is 5.04. The van der Waals surface area contributed by atoms with Gasteiger partial charge in [-0.1, -0.05) is 0 Å². The molecule has 1 aromatic heterocycles. The topological polar surface area (TPSA) is 16.1 Å². The Morgan fingerprint density at radius 1 is 1.50 bits per heavy atom. The molecule has 1 fully saturated rings. The Morgan fingerprint density at radius 3 is 2.79 bits per heavy atom. The monoisotopic (exact) mass is 223 g/mol. The Kier molecular flexibility index (Phi) is 2.08. The average Bonchev–Trinajstić information content (AvgIpc) is 2.69. The maximum atomic E-state index is 12.3. The Hall–Kier alpha value is -0.780. The van der Waals surface area contributed by atoms with Crippen molar-refractivity contribution in [1.82, 2.24) is 4.98 Å². The van der Waals surface area contributed by atoms with Crippen molar-refractivity contribution in [2.24, 2.45) is 0 Å². The van der Waals surface area contributed by atoms with Crippen LogP contribution in [0.2, 0.25) is 0 Å². The van der Waals surface area contributed by atoms with Crippen LogP contribution in [0.15, 0.2) is 5.38 Å². The lowest BCUT2D eigenvalue weighted by Gasteiger charge is -2.12. The molecule has 2 rings (SSSR count). The zero-order valence-corrected chi connectivity index (χ0v) is 8.03. The molecule has 6 heteroatoms. The van der Waals surface area contributed by atoms with E-state index in [1.165, 1.54) is 0 Å². The standard InChI is InChI=1S/C8H9F3N2S/c9-8(10,11)6-5-14-7(12-6)13-3-1-2-4-13/h5H,1-4H2/i1D/t1-/m0/s1. The third-order valence-corrected chi connectivity index (χ3v) is 2.91. The van der Waals surface area contributed by atoms with Gasteiger partial charge in [0.15, 0.2) is 10.8 Å². The smallest absolute Gasteiger partial charge is 0.348 e. The van der Waals surface area contributed by atoms with E-state index in [0.29, 0.717) is 24.6 Å². The van der Waals surface area contributed by atoms with Crippen LogP contribution in [0.4, 0.5) is 18.3 Å². The fourth-order valence-electron chi connectivity index (χ4n) is 1.30. The summed E-state index contributed by atoms with van der Waals surface area (Å²) in [6.07, 6.45) is -3.88. The number of anilines is 1. The minimum absolute atomic E-state index is 0.205. The predicted octanol–water partition coefficient (Wildman–Crippen LogP) is 2.76. The first-order chi connectivity index (χ1) is 6.97. The van der Waals surface area contributed by atoms with E-state index in [1.807, 2.05) is 0 Å². The molecule has 0 aromatic carbocycles. The van der Waals surface area contributed by atoms with Crippen LogP contribution >= 0.6 is 11.3 Å². The van der Waals surface area contributed by atoms with Crippen molar-refractivity contribution in [2.45, 2.75) is 19.0 Å². The normalized spacial score (nSPS) is 24.1. The van der Waals surface area contributed by atoms with Gasteiger partial charge >= 0.3 is 6.18 Å². The molecule has 0 radical (unpaired) electrons. The third-order valence-electron chi connectivity index (χ3n) is 2.01. The van der Waals surface area contributed by atoms with Gasteiger partial charge in [0.1, 0.15) is 0 Å². The summed E-state index contributed by atoms with van der Waals surface area (Å²) in [6, 6.07) is 0. The molecule has 0 bridgehead atoms. The summed E-state index contributed by atoms with van der Waals surface area (Å²) < 4.78 is 44.2. The third kappa shape index (κ3) is 1.84. The molecular weight excluding hydrogens is 213 g/mol. The van der Waals surface area contributed by atoms with Crippen molar-refractivity contribution >= 4 is 16.5 Å². The Bertz CT molecular complexity index is 352. The summed E-state index contributed by atoms with van der Waals surface area (Å²) in [4.78, 5) is 5.27. The zero-order valence-electron chi connectivity index (χ0n) is 8.21. The van der Waals surface area contributed by atoms with Gasteiger partial charge in [-0.05, 0) is 12.8 Å². The van der Waals surface area contributed by atoms with Gasteiger partial charge in [-0.2, -0.15) is 13.2 Å². The molecule has 1 atom stereocenters. The number of aromatic nitrogens is 1. The molecule has 1 aromatic rings. The van der Waals surface area contributed by atoms with Crippen molar-refractivity contribution in [3.8, 4) is 0 Å². The van der Waals surface area contributed by atoms with E-state index in [1.54, 1.807) is 4.90 Å². The highest BCUT2D eigenvalue weighted by Gasteiger charge is 2.34. The lowest BCUT2D eigenvalue weighted by Crippen LogP contribution is -2.17. The van der Waals surface area contributed by atoms with E-state index in [0.717, 1.165) is 16.7 Å². The first-order valence-electron chi connectivity index (χ1n) is 4.74. The van der Waals surface area contributed by atoms with E-state index in [9.17, 15) is 13.2 Å². The van der Waals surface area contributed by atoms with E-state index in [2.05, 4.69) is 4.98 Å². The largest absolute Gasteiger partial charge is 0.434 e. The highest BCUT2D eigenvalue weighted by atomic mass is 32.1. The van der Waals surface area contributed by atoms with Crippen LogP contribution in [-0.4, -0.2) is 18.1 Å². The van der Waals surface area contributed by atoms with Crippen molar-refractivity contribution in [3.05, 3.63) is 11.1 Å². The molecular formula is C8H9F3N2S. The molecule has 0 aliphatic carbocycles. The number of hydrogen-bond donors (Lipinski definition) is 0. The van der Waals surface area contributed by atoms with E-state index in [-0.39, 0.29) is 6.40 Å². The summed E-state index contributed by atoms with van der Waals surface area (Å²) in [5.74, 6) is 0. The van der Waals surface area contributed by atoms with Crippen LogP contribution in [0.5, 0.6) is 0 Å². The summed E-state index contributed by atoms with van der Waals surface area (Å²) in [6.45, 7) is 1.10. The maximum Gasteiger partial charge on any atom is 0.434 e. The maximum absolute atomic E-state index is 12.3. The average molecular weight is 223 g/mol. The second-order valence-corrected chi connectivity index (χ2v) is 3.87. The van der Waals surface area contributed by atoms with Gasteiger partial charge in [-0.25, -0.2) is 4.98 Å². The van der Waals surface area contributed by atoms with Gasteiger partial charge < -0.3 is 4.90 Å². The van der Waals surface area contributed by atoms with Gasteiger partial charge in [-0.3, -0.25) is 0 Å². The number of rotatable bonds is 1. The molecule has 0 unspecified atom stereocenters. The molecule has 1 aliphatic heterocycles. The van der Waals surface area contributed by atoms with Crippen molar-refractivity contribution in [2.75, 3.05) is 18.0 Å². The van der Waals surface area contributed by atoms with E-state index in [4.69, 9.17) is 1.37 Å². The van der Waals surface area contributed by atoms with Crippen molar-refractivity contribution < 1.29 is 14.5 Å². The number of alkyl halides is 3. The van der Waals surface area contributed by atoms with Crippen LogP contribution in [-0.2, 0) is 6.18 Å². The summed E-state index contributed by atoms with van der Waals surface area (Å²) in [5, 5.41) is 1.39. The molecule has 0 saturated carbocycles. The lowest BCUT2D eigenvalue weighted by atomic mass is 10.4. The zero-order chi connectivity index (χ0) is 11.1. The van der Waals surface area contributed by atoms with Gasteiger partial charge in [0.05, 0.1) is 0 Å². The molecule has 1 aliphatic rings. The molecule has 0 amide bonds. The Morgan fingerprint density at radius 2 is 2.29 bits per heavy atom. The quantitative estimate of drug-likeness (QED) is 0.727. The Balaban J connectivity index is 2.14. The van der Waals surface area contributed by atoms with Gasteiger partial charge in [0.25, 0.3) is 0 Å². The van der Waals surface area contributed by atoms with Crippen LogP contribution in [0.1, 0.15) is 19.9 Å². The fraction of sp³-hybridized carbons (Fsp3) is 0.625. The number of halogens is 3. The van der Waals surface area contributed by atoms with Crippen molar-refractivity contribution in [3.63, 3.8) is 0 Å². The molecule has 78 valence electrons. The lowest BCUT2D eigenvalue weighted by molar-refractivity contribution is -0.140. The molecule has 0 N–H and O–H groups in total. The van der Waals surface area contributed by atoms with Gasteiger partial charge in [0.2, 0.25) is 0 Å². The van der Waals surface area contributed by atoms with E-state index >= 15 is 0 Å². The molecule has 2 heterocycles. The molecule has 14 heavy (non-hydrogen) atoms. The van der Waals surface area contributed by atoms with E-state index < -0.39 is 11.9 Å². The minimum atomic E-state index is -4.37. The molecule has 2 nitrogen and oxygen atoms in total. The van der Waals surface area contributed by atoms with Crippen LogP contribution in [0, 0.1) is 0 Å². The number of thiazole rings is 1. The van der Waals surface area contributed by atoms with Gasteiger partial charge in [0, 0.05) is 19.8 Å². The summed E-state index contributed by atoms with van der Waals surface area (Å²) >= 11 is 0.987. The van der Waals surface area contributed by atoms with Crippen LogP contribution < -0.4 is 4.90 Å². The van der Waals surface area contributed by atoms with Crippen LogP contribution in [0.25, 0.3) is 0 Å². The fourth-order valence-corrected chi connectivity index (χ4v) is 2.17. The second-order valence-electron chi connectivity index (χ2n) is 3.04. The molecule has 1 saturated heterocycles. The second kappa shape index (κ2) is 3.42. The SMILES string of the molecule is [2H][C@H]1CCN(c2nc(C(F)(F)F)cs2)C1. The van der Waals surface area contributed by atoms with Crippen molar-refractivity contribution in [1.29, 1.82) is 0 Å². The van der Waals surface area contributed by atoms with Gasteiger partial charge in [-0.15, -0.1) is 11.3 Å². The summed E-state index contributed by atoms with van der Waals surface area (Å²) in [7, 11) is 0.